The zero-order chi connectivity index (χ0) is 12.0. The van der Waals surface area contributed by atoms with Gasteiger partial charge < -0.3 is 10.2 Å². The van der Waals surface area contributed by atoms with E-state index in [0.29, 0.717) is 5.41 Å². The smallest absolute Gasteiger partial charge is 0.00684 e. The van der Waals surface area contributed by atoms with E-state index in [9.17, 15) is 0 Å². The van der Waals surface area contributed by atoms with E-state index in [0.717, 1.165) is 6.04 Å². The molecule has 0 aromatic heterocycles. The van der Waals surface area contributed by atoms with Crippen molar-refractivity contribution in [1.82, 2.24) is 10.2 Å². The SMILES string of the molecule is CCCN(CC)CC(C)(CC)CNC1CC1. The van der Waals surface area contributed by atoms with Crippen molar-refractivity contribution in [3.8, 4) is 0 Å². The summed E-state index contributed by atoms with van der Waals surface area (Å²) in [7, 11) is 0. The van der Waals surface area contributed by atoms with Gasteiger partial charge in [0.2, 0.25) is 0 Å². The third-order valence-electron chi connectivity index (χ3n) is 3.84. The molecule has 1 N–H and O–H groups in total. The Balaban J connectivity index is 2.35. The van der Waals surface area contributed by atoms with E-state index >= 15 is 0 Å². The average molecular weight is 226 g/mol. The lowest BCUT2D eigenvalue weighted by molar-refractivity contribution is 0.160. The molecule has 0 saturated heterocycles. The van der Waals surface area contributed by atoms with Gasteiger partial charge in [-0.3, -0.25) is 0 Å². The molecule has 1 aliphatic carbocycles. The summed E-state index contributed by atoms with van der Waals surface area (Å²) in [5.41, 5.74) is 0.452. The number of nitrogens with zero attached hydrogens (tertiary/aromatic N) is 1. The van der Waals surface area contributed by atoms with Crippen LogP contribution in [0.5, 0.6) is 0 Å². The molecule has 1 unspecified atom stereocenters. The average Bonchev–Trinajstić information content (AvgIpc) is 3.10. The quantitative estimate of drug-likeness (QED) is 0.650. The molecule has 0 aliphatic heterocycles. The molecule has 0 bridgehead atoms. The van der Waals surface area contributed by atoms with Gasteiger partial charge in [0, 0.05) is 19.1 Å². The molecule has 0 radical (unpaired) electrons. The Kier molecular flexibility index (Phi) is 5.77. The van der Waals surface area contributed by atoms with Gasteiger partial charge >= 0.3 is 0 Å². The minimum atomic E-state index is 0.452. The van der Waals surface area contributed by atoms with Gasteiger partial charge in [0.15, 0.2) is 0 Å². The molecule has 0 amide bonds. The highest BCUT2D eigenvalue weighted by Gasteiger charge is 2.28. The van der Waals surface area contributed by atoms with Gasteiger partial charge in [-0.1, -0.05) is 27.7 Å². The summed E-state index contributed by atoms with van der Waals surface area (Å²) < 4.78 is 0. The molecule has 2 nitrogen and oxygen atoms in total. The third-order valence-corrected chi connectivity index (χ3v) is 3.84. The highest BCUT2D eigenvalue weighted by Crippen LogP contribution is 2.25. The minimum absolute atomic E-state index is 0.452. The largest absolute Gasteiger partial charge is 0.313 e. The van der Waals surface area contributed by atoms with Gasteiger partial charge in [-0.25, -0.2) is 0 Å². The molecule has 1 rings (SSSR count). The second-order valence-electron chi connectivity index (χ2n) is 5.69. The van der Waals surface area contributed by atoms with E-state index in [1.807, 2.05) is 0 Å². The first-order valence-corrected chi connectivity index (χ1v) is 7.09. The Morgan fingerprint density at radius 3 is 2.38 bits per heavy atom. The van der Waals surface area contributed by atoms with Crippen molar-refractivity contribution in [2.45, 2.75) is 59.4 Å². The maximum Gasteiger partial charge on any atom is 0.00684 e. The van der Waals surface area contributed by atoms with Crippen molar-refractivity contribution in [3.05, 3.63) is 0 Å². The molecule has 96 valence electrons. The summed E-state index contributed by atoms with van der Waals surface area (Å²) >= 11 is 0. The predicted molar refractivity (Wildman–Crippen MR) is 71.8 cm³/mol. The van der Waals surface area contributed by atoms with Crippen LogP contribution >= 0.6 is 0 Å². The number of hydrogen-bond donors (Lipinski definition) is 1. The molecule has 16 heavy (non-hydrogen) atoms. The molecule has 1 aliphatic rings. The van der Waals surface area contributed by atoms with Crippen molar-refractivity contribution in [3.63, 3.8) is 0 Å². The van der Waals surface area contributed by atoms with Crippen LogP contribution in [0.4, 0.5) is 0 Å². The van der Waals surface area contributed by atoms with Crippen LogP contribution in [0.25, 0.3) is 0 Å². The standard InChI is InChI=1S/C14H30N2/c1-5-10-16(7-3)12-14(4,6-2)11-15-13-8-9-13/h13,15H,5-12H2,1-4H3. The van der Waals surface area contributed by atoms with E-state index in [1.165, 1.54) is 51.9 Å². The number of hydrogen-bond acceptors (Lipinski definition) is 2. The predicted octanol–water partition coefficient (Wildman–Crippen LogP) is 2.89. The zero-order valence-electron chi connectivity index (χ0n) is 11.7. The minimum Gasteiger partial charge on any atom is -0.313 e. The Hall–Kier alpha value is -0.0800. The monoisotopic (exact) mass is 226 g/mol. The highest BCUT2D eigenvalue weighted by atomic mass is 15.1. The van der Waals surface area contributed by atoms with Crippen LogP contribution in [0.15, 0.2) is 0 Å². The first kappa shape index (κ1) is 14.0. The van der Waals surface area contributed by atoms with Crippen LogP contribution in [0.2, 0.25) is 0 Å². The van der Waals surface area contributed by atoms with E-state index in [4.69, 9.17) is 0 Å². The molecule has 2 heteroatoms. The Bertz CT molecular complexity index is 189. The van der Waals surface area contributed by atoms with Crippen LogP contribution in [-0.4, -0.2) is 37.1 Å². The first-order valence-electron chi connectivity index (χ1n) is 7.09. The van der Waals surface area contributed by atoms with Crippen LogP contribution in [0.3, 0.4) is 0 Å². The molecule has 0 spiro atoms. The molecule has 1 atom stereocenters. The molecule has 1 saturated carbocycles. The van der Waals surface area contributed by atoms with Crippen LogP contribution in [-0.2, 0) is 0 Å². The molecular formula is C14H30N2. The fraction of sp³-hybridized carbons (Fsp3) is 1.00. The van der Waals surface area contributed by atoms with Gasteiger partial charge in [-0.2, -0.15) is 0 Å². The highest BCUT2D eigenvalue weighted by molar-refractivity contribution is 4.86. The van der Waals surface area contributed by atoms with Gasteiger partial charge in [0.05, 0.1) is 0 Å². The van der Waals surface area contributed by atoms with Crippen molar-refractivity contribution in [2.24, 2.45) is 5.41 Å². The lowest BCUT2D eigenvalue weighted by atomic mass is 9.86. The number of nitrogens with one attached hydrogen (secondary N) is 1. The van der Waals surface area contributed by atoms with Crippen LogP contribution in [0.1, 0.15) is 53.4 Å². The molecule has 1 fully saturated rings. The van der Waals surface area contributed by atoms with Gasteiger partial charge in [-0.15, -0.1) is 0 Å². The normalized spacial score (nSPS) is 20.1. The third kappa shape index (κ3) is 4.84. The zero-order valence-corrected chi connectivity index (χ0v) is 11.7. The van der Waals surface area contributed by atoms with Gasteiger partial charge in [-0.05, 0) is 44.2 Å². The molecule has 0 heterocycles. The summed E-state index contributed by atoms with van der Waals surface area (Å²) in [4.78, 5) is 2.60. The van der Waals surface area contributed by atoms with Gasteiger partial charge in [0.1, 0.15) is 0 Å². The maximum atomic E-state index is 3.69. The Morgan fingerprint density at radius 1 is 1.25 bits per heavy atom. The number of rotatable bonds is 9. The second-order valence-corrected chi connectivity index (χ2v) is 5.69. The molecule has 0 aromatic rings. The fourth-order valence-electron chi connectivity index (χ4n) is 2.18. The summed E-state index contributed by atoms with van der Waals surface area (Å²) in [6.07, 6.45) is 5.33. The van der Waals surface area contributed by atoms with Crippen molar-refractivity contribution in [2.75, 3.05) is 26.2 Å². The van der Waals surface area contributed by atoms with E-state index in [-0.39, 0.29) is 0 Å². The summed E-state index contributed by atoms with van der Waals surface area (Å²) in [5.74, 6) is 0. The van der Waals surface area contributed by atoms with Crippen molar-refractivity contribution in [1.29, 1.82) is 0 Å². The van der Waals surface area contributed by atoms with E-state index < -0.39 is 0 Å². The van der Waals surface area contributed by atoms with Crippen molar-refractivity contribution >= 4 is 0 Å². The van der Waals surface area contributed by atoms with E-state index in [1.54, 1.807) is 0 Å². The van der Waals surface area contributed by atoms with Gasteiger partial charge in [0.25, 0.3) is 0 Å². The molecular weight excluding hydrogens is 196 g/mol. The topological polar surface area (TPSA) is 15.3 Å². The van der Waals surface area contributed by atoms with Crippen molar-refractivity contribution < 1.29 is 0 Å². The molecule has 0 aromatic carbocycles. The lowest BCUT2D eigenvalue weighted by Gasteiger charge is -2.34. The Morgan fingerprint density at radius 2 is 1.94 bits per heavy atom. The second kappa shape index (κ2) is 6.61. The summed E-state index contributed by atoms with van der Waals surface area (Å²) in [5, 5.41) is 3.69. The maximum absolute atomic E-state index is 3.69. The first-order chi connectivity index (χ1) is 7.63. The lowest BCUT2D eigenvalue weighted by Crippen LogP contribution is -2.42. The summed E-state index contributed by atoms with van der Waals surface area (Å²) in [6, 6.07) is 0.840. The van der Waals surface area contributed by atoms with E-state index in [2.05, 4.69) is 37.9 Å². The fourth-order valence-corrected chi connectivity index (χ4v) is 2.18. The van der Waals surface area contributed by atoms with Crippen LogP contribution < -0.4 is 5.32 Å². The van der Waals surface area contributed by atoms with Crippen LogP contribution in [0, 0.1) is 5.41 Å². The Labute approximate surface area is 102 Å². The summed E-state index contributed by atoms with van der Waals surface area (Å²) in [6.45, 7) is 14.2.